The molecule has 1 aliphatic rings. The van der Waals surface area contributed by atoms with Crippen molar-refractivity contribution >= 4 is 28.7 Å². The molecule has 4 rings (SSSR count). The van der Waals surface area contributed by atoms with E-state index in [2.05, 4.69) is 32.5 Å². The third kappa shape index (κ3) is 12.6. The number of hydrogen-bond acceptors (Lipinski definition) is 8. The van der Waals surface area contributed by atoms with Crippen molar-refractivity contribution in [3.8, 4) is 11.8 Å². The van der Waals surface area contributed by atoms with Crippen molar-refractivity contribution in [1.82, 2.24) is 24.6 Å². The number of halogens is 6. The van der Waals surface area contributed by atoms with Crippen LogP contribution in [0.5, 0.6) is 0 Å². The largest absolute Gasteiger partial charge is 0.478 e. The zero-order valence-corrected chi connectivity index (χ0v) is 29.9. The van der Waals surface area contributed by atoms with Gasteiger partial charge in [0.25, 0.3) is 0 Å². The highest BCUT2D eigenvalue weighted by molar-refractivity contribution is 5.94. The van der Waals surface area contributed by atoms with Crippen molar-refractivity contribution in [3.63, 3.8) is 0 Å². The van der Waals surface area contributed by atoms with Gasteiger partial charge in [-0.1, -0.05) is 12.0 Å². The first kappa shape index (κ1) is 41.3. The molecule has 1 amide bonds. The van der Waals surface area contributed by atoms with Crippen LogP contribution in [0.3, 0.4) is 0 Å². The van der Waals surface area contributed by atoms with E-state index in [1.165, 1.54) is 0 Å². The van der Waals surface area contributed by atoms with Gasteiger partial charge in [0.15, 0.2) is 5.69 Å². The summed E-state index contributed by atoms with van der Waals surface area (Å²) >= 11 is 0. The number of carboxylic acid groups (broad SMARTS) is 1. The predicted molar refractivity (Wildman–Crippen MR) is 183 cm³/mol. The summed E-state index contributed by atoms with van der Waals surface area (Å²) in [4.78, 5) is 25.3. The zero-order chi connectivity index (χ0) is 39.0. The highest BCUT2D eigenvalue weighted by atomic mass is 19.4. The topological polar surface area (TPSA) is 132 Å². The Labute approximate surface area is 302 Å². The van der Waals surface area contributed by atoms with Gasteiger partial charge >= 0.3 is 24.4 Å². The Morgan fingerprint density at radius 1 is 1.06 bits per heavy atom. The molecule has 0 aliphatic carbocycles. The molecule has 3 aromatic rings. The Balaban J connectivity index is 1.34. The number of hydrogen-bond donors (Lipinski definition) is 3. The Morgan fingerprint density at radius 2 is 1.77 bits per heavy atom. The summed E-state index contributed by atoms with van der Waals surface area (Å²) in [6.45, 7) is 6.01. The molecule has 2 atom stereocenters. The lowest BCUT2D eigenvalue weighted by Gasteiger charge is -2.38. The first-order valence-electron chi connectivity index (χ1n) is 16.9. The normalized spacial score (nSPS) is 17.0. The summed E-state index contributed by atoms with van der Waals surface area (Å²) in [5.74, 6) is 3.91. The fourth-order valence-corrected chi connectivity index (χ4v) is 5.94. The Morgan fingerprint density at radius 3 is 2.42 bits per heavy atom. The molecule has 0 unspecified atom stereocenters. The maximum absolute atomic E-state index is 13.7. The molecule has 12 nitrogen and oxygen atoms in total. The van der Waals surface area contributed by atoms with Crippen LogP contribution in [0.2, 0.25) is 0 Å². The van der Waals surface area contributed by atoms with Crippen molar-refractivity contribution in [2.45, 2.75) is 70.7 Å². The van der Waals surface area contributed by atoms with Crippen LogP contribution in [0.1, 0.15) is 55.4 Å². The molecule has 2 aromatic heterocycles. The molecule has 3 N–H and O–H groups in total. The smallest absolute Gasteiger partial charge is 0.436 e. The van der Waals surface area contributed by atoms with E-state index in [0.29, 0.717) is 29.6 Å². The number of likely N-dealkylation sites (tertiary alicyclic amines) is 1. The average Bonchev–Trinajstić information content (AvgIpc) is 3.63. The number of fused-ring (bicyclic) bond motifs is 1. The number of anilines is 1. The monoisotopic (exact) mass is 758 g/mol. The van der Waals surface area contributed by atoms with Crippen molar-refractivity contribution in [1.29, 1.82) is 0 Å². The fourth-order valence-electron chi connectivity index (χ4n) is 5.94. The van der Waals surface area contributed by atoms with E-state index < -0.39 is 47.8 Å². The van der Waals surface area contributed by atoms with E-state index in [0.717, 1.165) is 35.0 Å². The number of ether oxygens (including phenoxy) is 3. The number of carbonyl (C=O) groups is 2. The lowest BCUT2D eigenvalue weighted by Crippen LogP contribution is -2.45. The minimum absolute atomic E-state index is 0.00663. The van der Waals surface area contributed by atoms with Crippen molar-refractivity contribution in [2.24, 2.45) is 5.92 Å². The molecule has 1 fully saturated rings. The van der Waals surface area contributed by atoms with Crippen LogP contribution in [0.25, 0.3) is 10.9 Å². The van der Waals surface area contributed by atoms with Crippen molar-refractivity contribution in [3.05, 3.63) is 47.4 Å². The van der Waals surface area contributed by atoms with Crippen molar-refractivity contribution < 1.29 is 55.2 Å². The number of piperidine rings is 1. The minimum Gasteiger partial charge on any atom is -0.478 e. The van der Waals surface area contributed by atoms with Gasteiger partial charge in [-0.15, -0.1) is 0 Å². The molecule has 0 radical (unpaired) electrons. The van der Waals surface area contributed by atoms with Crippen LogP contribution in [-0.2, 0) is 33.5 Å². The Bertz CT molecular complexity index is 1770. The Hall–Kier alpha value is -4.47. The SMILES string of the molecule is CN1CC[C@H](Nc2cccc3c2cc(C#CCNC(=O)OC(C)(C)C)n3CC(F)(F)F)[C@@H](CCOCCOCCn2cc(C(=O)O)c(C(F)(F)F)n2)C1. The maximum atomic E-state index is 13.7. The van der Waals surface area contributed by atoms with Gasteiger partial charge in [-0.25, -0.2) is 9.59 Å². The standard InChI is InChI=1S/C35H44F6N6O6/c1-33(2,3)53-32(50)42-12-6-7-24-19-25-28(8-5-9-29(25)47(24)22-34(36,37)38)43-27-10-13-45(4)20-23(27)11-15-51-17-18-52-16-14-46-21-26(31(48)49)30(44-46)35(39,40)41/h5,8-9,19,21,23,27,43H,10-18,20,22H2,1-4H3,(H,42,50)(H,48,49)/t23-,27-/m0/s1. The van der Waals surface area contributed by atoms with Gasteiger partial charge in [0.05, 0.1) is 44.1 Å². The molecule has 18 heteroatoms. The number of alkyl carbamates (subject to hydrolysis) is 1. The van der Waals surface area contributed by atoms with Gasteiger partial charge in [0.1, 0.15) is 17.7 Å². The maximum Gasteiger partial charge on any atom is 0.436 e. The molecule has 1 aromatic carbocycles. The fraction of sp³-hybridized carbons (Fsp3) is 0.571. The van der Waals surface area contributed by atoms with Gasteiger partial charge in [-0.3, -0.25) is 4.68 Å². The lowest BCUT2D eigenvalue weighted by molar-refractivity contribution is -0.142. The molecule has 3 heterocycles. The second-order valence-electron chi connectivity index (χ2n) is 13.7. The molecule has 0 bridgehead atoms. The molecule has 0 saturated carbocycles. The van der Waals surface area contributed by atoms with Crippen LogP contribution in [-0.4, -0.2) is 107 Å². The predicted octanol–water partition coefficient (Wildman–Crippen LogP) is 5.85. The van der Waals surface area contributed by atoms with Crippen LogP contribution in [0.15, 0.2) is 30.5 Å². The number of benzene rings is 1. The molecule has 1 aliphatic heterocycles. The number of carbonyl (C=O) groups excluding carboxylic acids is 1. The second kappa shape index (κ2) is 17.6. The minimum atomic E-state index is -4.89. The summed E-state index contributed by atoms with van der Waals surface area (Å²) in [7, 11) is 2.01. The van der Waals surface area contributed by atoms with Gasteiger partial charge in [-0.2, -0.15) is 31.4 Å². The average molecular weight is 759 g/mol. The summed E-state index contributed by atoms with van der Waals surface area (Å²) < 4.78 is 98.6. The van der Waals surface area contributed by atoms with E-state index in [4.69, 9.17) is 19.3 Å². The van der Waals surface area contributed by atoms with E-state index in [1.807, 2.05) is 13.1 Å². The molecule has 292 valence electrons. The van der Waals surface area contributed by atoms with Gasteiger partial charge in [0.2, 0.25) is 0 Å². The van der Waals surface area contributed by atoms with Gasteiger partial charge in [-0.05, 0) is 77.2 Å². The number of aromatic nitrogens is 3. The summed E-state index contributed by atoms with van der Waals surface area (Å²) in [6.07, 6.45) is -7.82. The van der Waals surface area contributed by atoms with Crippen LogP contribution >= 0.6 is 0 Å². The van der Waals surface area contributed by atoms with E-state index in [9.17, 15) is 35.9 Å². The second-order valence-corrected chi connectivity index (χ2v) is 13.7. The van der Waals surface area contributed by atoms with Gasteiger partial charge < -0.3 is 39.4 Å². The summed E-state index contributed by atoms with van der Waals surface area (Å²) in [6, 6.07) is 6.73. The first-order chi connectivity index (χ1) is 24.8. The summed E-state index contributed by atoms with van der Waals surface area (Å²) in [5.41, 5.74) is -1.93. The highest BCUT2D eigenvalue weighted by Crippen LogP contribution is 2.33. The van der Waals surface area contributed by atoms with Crippen LogP contribution in [0.4, 0.5) is 36.8 Å². The number of aromatic carboxylic acids is 1. The number of nitrogens with one attached hydrogen (secondary N) is 2. The van der Waals surface area contributed by atoms with E-state index in [-0.39, 0.29) is 50.6 Å². The van der Waals surface area contributed by atoms with Gasteiger partial charge in [0, 0.05) is 36.5 Å². The molecular formula is C35H44F6N6O6. The number of carboxylic acids is 1. The first-order valence-corrected chi connectivity index (χ1v) is 16.9. The van der Waals surface area contributed by atoms with Crippen LogP contribution < -0.4 is 10.6 Å². The number of nitrogens with zero attached hydrogens (tertiary/aromatic N) is 4. The third-order valence-corrected chi connectivity index (χ3v) is 8.23. The Kier molecular flexibility index (Phi) is 13.7. The lowest BCUT2D eigenvalue weighted by atomic mass is 9.89. The number of alkyl halides is 6. The molecular weight excluding hydrogens is 714 g/mol. The quantitative estimate of drug-likeness (QED) is 0.105. The molecule has 53 heavy (non-hydrogen) atoms. The molecule has 0 spiro atoms. The third-order valence-electron chi connectivity index (χ3n) is 8.23. The van der Waals surface area contributed by atoms with E-state index in [1.54, 1.807) is 39.0 Å². The van der Waals surface area contributed by atoms with E-state index >= 15 is 0 Å². The molecule has 1 saturated heterocycles. The highest BCUT2D eigenvalue weighted by Gasteiger charge is 2.39. The van der Waals surface area contributed by atoms with Crippen molar-refractivity contribution in [2.75, 3.05) is 58.4 Å². The number of amides is 1. The van der Waals surface area contributed by atoms with Crippen LogP contribution in [0, 0.1) is 17.8 Å². The number of rotatable bonds is 14. The summed E-state index contributed by atoms with van der Waals surface area (Å²) in [5, 5.41) is 19.0. The zero-order valence-electron chi connectivity index (χ0n) is 29.9.